The molecule has 2 rings (SSSR count). The number of hydrazine groups is 1. The Morgan fingerprint density at radius 3 is 2.58 bits per heavy atom. The molecular weight excluding hydrogens is 342 g/mol. The molecule has 1 heterocycles. The maximum absolute atomic E-state index is 12.1. The predicted molar refractivity (Wildman–Crippen MR) is 91.9 cm³/mol. The van der Waals surface area contributed by atoms with E-state index in [2.05, 4.69) is 16.2 Å². The van der Waals surface area contributed by atoms with Crippen LogP contribution in [0.4, 0.5) is 10.5 Å². The fourth-order valence-electron chi connectivity index (χ4n) is 2.41. The predicted octanol–water partition coefficient (Wildman–Crippen LogP) is -0.748. The van der Waals surface area contributed by atoms with Gasteiger partial charge >= 0.3 is 6.03 Å². The number of para-hydroxylation sites is 2. The van der Waals surface area contributed by atoms with Gasteiger partial charge in [0.1, 0.15) is 18.3 Å². The zero-order valence-corrected chi connectivity index (χ0v) is 14.4. The minimum atomic E-state index is -0.904. The summed E-state index contributed by atoms with van der Waals surface area (Å²) in [5, 5.41) is 2.30. The molecule has 0 aromatic heterocycles. The van der Waals surface area contributed by atoms with Gasteiger partial charge in [0.2, 0.25) is 0 Å². The molecule has 0 bridgehead atoms. The largest absolute Gasteiger partial charge is 0.482 e. The second kappa shape index (κ2) is 8.19. The van der Waals surface area contributed by atoms with Gasteiger partial charge in [-0.1, -0.05) is 26.0 Å². The van der Waals surface area contributed by atoms with Crippen molar-refractivity contribution in [2.75, 3.05) is 18.1 Å². The molecule has 0 aliphatic carbocycles. The van der Waals surface area contributed by atoms with Crippen LogP contribution in [0.15, 0.2) is 24.3 Å². The summed E-state index contributed by atoms with van der Waals surface area (Å²) in [5.41, 5.74) is 9.95. The van der Waals surface area contributed by atoms with Gasteiger partial charge in [0.05, 0.1) is 5.69 Å². The third kappa shape index (κ3) is 4.62. The number of ether oxygens (including phenoxy) is 1. The molecule has 0 saturated carbocycles. The second-order valence-electron chi connectivity index (χ2n) is 6.00. The van der Waals surface area contributed by atoms with Crippen molar-refractivity contribution in [2.24, 2.45) is 11.7 Å². The van der Waals surface area contributed by atoms with Crippen molar-refractivity contribution in [1.82, 2.24) is 16.2 Å². The third-order valence-corrected chi connectivity index (χ3v) is 3.68. The maximum atomic E-state index is 12.1. The van der Waals surface area contributed by atoms with Crippen LogP contribution >= 0.6 is 0 Å². The Kier molecular flexibility index (Phi) is 5.99. The van der Waals surface area contributed by atoms with Gasteiger partial charge in [0.15, 0.2) is 6.61 Å². The summed E-state index contributed by atoms with van der Waals surface area (Å²) >= 11 is 0. The summed E-state index contributed by atoms with van der Waals surface area (Å²) in [6, 6.07) is 5.07. The average Bonchev–Trinajstić information content (AvgIpc) is 2.59. The van der Waals surface area contributed by atoms with Gasteiger partial charge < -0.3 is 15.8 Å². The second-order valence-corrected chi connectivity index (χ2v) is 6.00. The van der Waals surface area contributed by atoms with Gasteiger partial charge in [0, 0.05) is 0 Å². The molecule has 5 amide bonds. The first-order chi connectivity index (χ1) is 12.3. The molecule has 140 valence electrons. The van der Waals surface area contributed by atoms with Gasteiger partial charge in [0.25, 0.3) is 17.7 Å². The first-order valence-electron chi connectivity index (χ1n) is 7.96. The van der Waals surface area contributed by atoms with E-state index < -0.39 is 23.9 Å². The number of carbonyl (C=O) groups is 4. The molecular formula is C16H21N5O5. The lowest BCUT2D eigenvalue weighted by atomic mass is 10.0. The van der Waals surface area contributed by atoms with E-state index in [-0.39, 0.29) is 25.0 Å². The number of amides is 5. The Hall–Kier alpha value is -3.30. The lowest BCUT2D eigenvalue weighted by molar-refractivity contribution is -0.130. The molecule has 1 aliphatic heterocycles. The molecule has 10 nitrogen and oxygen atoms in total. The highest BCUT2D eigenvalue weighted by atomic mass is 16.5. The number of nitrogens with one attached hydrogen (secondary N) is 3. The van der Waals surface area contributed by atoms with E-state index in [1.54, 1.807) is 38.1 Å². The summed E-state index contributed by atoms with van der Waals surface area (Å²) in [7, 11) is 0. The molecule has 0 spiro atoms. The van der Waals surface area contributed by atoms with Gasteiger partial charge in [-0.15, -0.1) is 0 Å². The number of nitrogens with two attached hydrogens (primary N) is 1. The fourth-order valence-corrected chi connectivity index (χ4v) is 2.41. The molecule has 0 unspecified atom stereocenters. The molecule has 1 aromatic carbocycles. The summed E-state index contributed by atoms with van der Waals surface area (Å²) in [5.74, 6) is -1.35. The van der Waals surface area contributed by atoms with Crippen molar-refractivity contribution in [3.63, 3.8) is 0 Å². The molecule has 5 N–H and O–H groups in total. The zero-order chi connectivity index (χ0) is 19.3. The highest BCUT2D eigenvalue weighted by molar-refractivity contribution is 6.02. The van der Waals surface area contributed by atoms with Gasteiger partial charge in [-0.05, 0) is 18.1 Å². The summed E-state index contributed by atoms with van der Waals surface area (Å²) in [4.78, 5) is 48.4. The number of fused-ring (bicyclic) bond motifs is 1. The minimum absolute atomic E-state index is 0.172. The van der Waals surface area contributed by atoms with Crippen LogP contribution in [-0.2, 0) is 14.4 Å². The Labute approximate surface area is 150 Å². The lowest BCUT2D eigenvalue weighted by Gasteiger charge is -2.28. The molecule has 1 atom stereocenters. The van der Waals surface area contributed by atoms with E-state index in [9.17, 15) is 19.2 Å². The van der Waals surface area contributed by atoms with Crippen LogP contribution in [0, 0.1) is 5.92 Å². The highest BCUT2D eigenvalue weighted by Gasteiger charge is 2.28. The van der Waals surface area contributed by atoms with E-state index >= 15 is 0 Å². The van der Waals surface area contributed by atoms with Gasteiger partial charge in [-0.3, -0.25) is 30.1 Å². The van der Waals surface area contributed by atoms with E-state index in [0.717, 1.165) is 0 Å². The normalized spacial score (nSPS) is 14.1. The van der Waals surface area contributed by atoms with E-state index in [1.807, 2.05) is 0 Å². The number of carbonyl (C=O) groups excluding carboxylic acids is 4. The number of nitrogens with zero attached hydrogens (tertiary/aromatic N) is 1. The molecule has 1 aliphatic rings. The Morgan fingerprint density at radius 2 is 1.92 bits per heavy atom. The number of rotatable bonds is 5. The van der Waals surface area contributed by atoms with Crippen LogP contribution in [0.3, 0.4) is 0 Å². The molecule has 10 heteroatoms. The number of anilines is 1. The summed E-state index contributed by atoms with van der Waals surface area (Å²) < 4.78 is 5.30. The standard InChI is InChI=1S/C16H21N5O5/c1-9(2)14(18-16(17)25)15(24)20-19-12(22)7-21-10-5-3-4-6-11(10)26-8-13(21)23/h3-6,9,14H,7-8H2,1-2H3,(H,19,22)(H,20,24)(H3,17,18,25)/t14-/m0/s1. The topological polar surface area (TPSA) is 143 Å². The smallest absolute Gasteiger partial charge is 0.312 e. The number of hydrogen-bond acceptors (Lipinski definition) is 5. The summed E-state index contributed by atoms with van der Waals surface area (Å²) in [6.45, 7) is 2.96. The van der Waals surface area contributed by atoms with Crippen molar-refractivity contribution in [1.29, 1.82) is 0 Å². The molecule has 0 radical (unpaired) electrons. The Morgan fingerprint density at radius 1 is 1.23 bits per heavy atom. The monoisotopic (exact) mass is 363 g/mol. The first kappa shape index (κ1) is 19.0. The fraction of sp³-hybridized carbons (Fsp3) is 0.375. The van der Waals surface area contributed by atoms with E-state index in [1.165, 1.54) is 4.90 Å². The zero-order valence-electron chi connectivity index (χ0n) is 14.4. The molecule has 0 saturated heterocycles. The minimum Gasteiger partial charge on any atom is -0.482 e. The number of urea groups is 1. The highest BCUT2D eigenvalue weighted by Crippen LogP contribution is 2.30. The van der Waals surface area contributed by atoms with E-state index in [0.29, 0.717) is 11.4 Å². The van der Waals surface area contributed by atoms with Crippen LogP contribution in [0.25, 0.3) is 0 Å². The first-order valence-corrected chi connectivity index (χ1v) is 7.96. The lowest BCUT2D eigenvalue weighted by Crippen LogP contribution is -2.56. The van der Waals surface area contributed by atoms with Crippen LogP contribution in [0.1, 0.15) is 13.8 Å². The number of benzene rings is 1. The maximum Gasteiger partial charge on any atom is 0.312 e. The van der Waals surface area contributed by atoms with Crippen molar-refractivity contribution in [2.45, 2.75) is 19.9 Å². The average molecular weight is 363 g/mol. The van der Waals surface area contributed by atoms with Gasteiger partial charge in [-0.25, -0.2) is 4.79 Å². The van der Waals surface area contributed by atoms with Crippen LogP contribution in [-0.4, -0.2) is 42.9 Å². The Balaban J connectivity index is 1.95. The van der Waals surface area contributed by atoms with Gasteiger partial charge in [-0.2, -0.15) is 0 Å². The number of hydrogen-bond donors (Lipinski definition) is 4. The molecule has 1 aromatic rings. The van der Waals surface area contributed by atoms with Crippen molar-refractivity contribution < 1.29 is 23.9 Å². The van der Waals surface area contributed by atoms with E-state index in [4.69, 9.17) is 10.5 Å². The van der Waals surface area contributed by atoms with Crippen molar-refractivity contribution in [3.05, 3.63) is 24.3 Å². The Bertz CT molecular complexity index is 721. The van der Waals surface area contributed by atoms with Crippen LogP contribution in [0.5, 0.6) is 5.75 Å². The summed E-state index contributed by atoms with van der Waals surface area (Å²) in [6.07, 6.45) is 0. The van der Waals surface area contributed by atoms with Crippen LogP contribution < -0.4 is 31.5 Å². The van der Waals surface area contributed by atoms with Crippen molar-refractivity contribution >= 4 is 29.4 Å². The third-order valence-electron chi connectivity index (χ3n) is 3.68. The molecule has 0 fully saturated rings. The SMILES string of the molecule is CC(C)[C@H](NC(N)=O)C(=O)NNC(=O)CN1C(=O)COc2ccccc21. The number of primary amides is 1. The quantitative estimate of drug-likeness (QED) is 0.509. The van der Waals surface area contributed by atoms with Crippen LogP contribution in [0.2, 0.25) is 0 Å². The molecule has 26 heavy (non-hydrogen) atoms. The van der Waals surface area contributed by atoms with Crippen molar-refractivity contribution in [3.8, 4) is 5.75 Å².